The zero-order chi connectivity index (χ0) is 12.0. The van der Waals surface area contributed by atoms with Crippen molar-refractivity contribution in [3.8, 4) is 0 Å². The highest BCUT2D eigenvalue weighted by Crippen LogP contribution is 2.23. The number of aromatic nitrogens is 1. The number of hydrogen-bond donors (Lipinski definition) is 0. The Bertz CT molecular complexity index is 370. The molecule has 0 radical (unpaired) electrons. The van der Waals surface area contributed by atoms with Crippen LogP contribution >= 0.6 is 11.3 Å². The van der Waals surface area contributed by atoms with Gasteiger partial charge >= 0.3 is 5.97 Å². The van der Waals surface area contributed by atoms with Crippen LogP contribution in [-0.4, -0.2) is 31.2 Å². The van der Waals surface area contributed by atoms with Gasteiger partial charge in [0.15, 0.2) is 5.13 Å². The topological polar surface area (TPSA) is 42.4 Å². The van der Waals surface area contributed by atoms with Crippen molar-refractivity contribution in [3.05, 3.63) is 17.2 Å². The van der Waals surface area contributed by atoms with Crippen LogP contribution in [0.2, 0.25) is 0 Å². The van der Waals surface area contributed by atoms with Crippen molar-refractivity contribution in [3.63, 3.8) is 0 Å². The summed E-state index contributed by atoms with van der Waals surface area (Å²) in [6.07, 6.45) is 4.88. The highest BCUT2D eigenvalue weighted by molar-refractivity contribution is 7.16. The molecule has 0 aliphatic rings. The average molecular weight is 240 g/mol. The molecule has 1 heterocycles. The van der Waals surface area contributed by atoms with Gasteiger partial charge in [-0.1, -0.05) is 11.3 Å². The molecule has 0 spiro atoms. The van der Waals surface area contributed by atoms with Crippen molar-refractivity contribution in [2.45, 2.75) is 13.8 Å². The van der Waals surface area contributed by atoms with Crippen molar-refractivity contribution in [2.24, 2.45) is 0 Å². The van der Waals surface area contributed by atoms with E-state index in [1.54, 1.807) is 23.6 Å². The molecule has 0 saturated heterocycles. The van der Waals surface area contributed by atoms with Gasteiger partial charge in [0, 0.05) is 30.2 Å². The Morgan fingerprint density at radius 3 is 2.81 bits per heavy atom. The van der Waals surface area contributed by atoms with Gasteiger partial charge in [-0.25, -0.2) is 9.78 Å². The van der Waals surface area contributed by atoms with Crippen molar-refractivity contribution >= 4 is 28.5 Å². The number of rotatable bonds is 5. The Labute approximate surface area is 99.6 Å². The molecule has 1 aromatic heterocycles. The Morgan fingerprint density at radius 2 is 2.25 bits per heavy atom. The fourth-order valence-corrected chi connectivity index (χ4v) is 2.16. The smallest absolute Gasteiger partial charge is 0.330 e. The maximum absolute atomic E-state index is 10.9. The first-order valence-corrected chi connectivity index (χ1v) is 5.99. The van der Waals surface area contributed by atoms with E-state index < -0.39 is 0 Å². The third-order valence-electron chi connectivity index (χ3n) is 2.13. The summed E-state index contributed by atoms with van der Waals surface area (Å²) < 4.78 is 4.52. The molecule has 0 aromatic carbocycles. The minimum absolute atomic E-state index is 0.349. The van der Waals surface area contributed by atoms with Gasteiger partial charge in [-0.15, -0.1) is 0 Å². The standard InChI is InChI=1S/C11H16N2O2S/c1-4-13(5-2)11-12-8-9(16-11)6-7-10(14)15-3/h6-8H,4-5H2,1-3H3/b7-6+. The van der Waals surface area contributed by atoms with Crippen molar-refractivity contribution < 1.29 is 9.53 Å². The predicted molar refractivity (Wildman–Crippen MR) is 66.7 cm³/mol. The summed E-state index contributed by atoms with van der Waals surface area (Å²) in [7, 11) is 1.36. The number of nitrogens with zero attached hydrogens (tertiary/aromatic N) is 2. The third kappa shape index (κ3) is 3.34. The maximum Gasteiger partial charge on any atom is 0.330 e. The van der Waals surface area contributed by atoms with E-state index >= 15 is 0 Å². The number of esters is 1. The van der Waals surface area contributed by atoms with E-state index in [0.29, 0.717) is 0 Å². The van der Waals surface area contributed by atoms with Gasteiger partial charge in [0.1, 0.15) is 0 Å². The molecule has 1 rings (SSSR count). The number of carbonyl (C=O) groups excluding carboxylic acids is 1. The van der Waals surface area contributed by atoms with E-state index in [-0.39, 0.29) is 5.97 Å². The van der Waals surface area contributed by atoms with Crippen molar-refractivity contribution in [1.82, 2.24) is 4.98 Å². The number of ether oxygens (including phenoxy) is 1. The Kier molecular flexibility index (Phi) is 4.98. The molecule has 1 aromatic rings. The summed E-state index contributed by atoms with van der Waals surface area (Å²) in [5.74, 6) is -0.349. The number of thiazole rings is 1. The zero-order valence-electron chi connectivity index (χ0n) is 9.77. The largest absolute Gasteiger partial charge is 0.466 e. The molecule has 0 saturated carbocycles. The second-order valence-electron chi connectivity index (χ2n) is 3.07. The van der Waals surface area contributed by atoms with E-state index in [2.05, 4.69) is 28.5 Å². The van der Waals surface area contributed by atoms with Crippen LogP contribution in [0.5, 0.6) is 0 Å². The highest BCUT2D eigenvalue weighted by atomic mass is 32.1. The molecule has 0 unspecified atom stereocenters. The van der Waals surface area contributed by atoms with Crippen LogP contribution in [0.25, 0.3) is 6.08 Å². The van der Waals surface area contributed by atoms with Crippen LogP contribution < -0.4 is 4.90 Å². The second kappa shape index (κ2) is 6.27. The fourth-order valence-electron chi connectivity index (χ4n) is 1.21. The molecule has 16 heavy (non-hydrogen) atoms. The second-order valence-corrected chi connectivity index (χ2v) is 4.11. The van der Waals surface area contributed by atoms with E-state index in [9.17, 15) is 4.79 Å². The Hall–Kier alpha value is -1.36. The first-order valence-electron chi connectivity index (χ1n) is 5.18. The number of carbonyl (C=O) groups is 1. The molecule has 0 N–H and O–H groups in total. The first-order chi connectivity index (χ1) is 7.71. The molecule has 0 amide bonds. The lowest BCUT2D eigenvalue weighted by molar-refractivity contribution is -0.134. The summed E-state index contributed by atoms with van der Waals surface area (Å²) in [6, 6.07) is 0. The lowest BCUT2D eigenvalue weighted by atomic mass is 10.4. The molecular weight excluding hydrogens is 224 g/mol. The molecule has 0 aliphatic carbocycles. The van der Waals surface area contributed by atoms with E-state index in [0.717, 1.165) is 23.1 Å². The molecule has 4 nitrogen and oxygen atoms in total. The van der Waals surface area contributed by atoms with E-state index in [1.807, 2.05) is 0 Å². The first kappa shape index (κ1) is 12.7. The monoisotopic (exact) mass is 240 g/mol. The summed E-state index contributed by atoms with van der Waals surface area (Å²) >= 11 is 1.56. The van der Waals surface area contributed by atoms with Gasteiger partial charge in [-0.2, -0.15) is 0 Å². The highest BCUT2D eigenvalue weighted by Gasteiger charge is 2.06. The van der Waals surface area contributed by atoms with Crippen LogP contribution in [0, 0.1) is 0 Å². The van der Waals surface area contributed by atoms with Crippen LogP contribution in [0.3, 0.4) is 0 Å². The molecule has 5 heteroatoms. The zero-order valence-corrected chi connectivity index (χ0v) is 10.6. The van der Waals surface area contributed by atoms with E-state index in [4.69, 9.17) is 0 Å². The summed E-state index contributed by atoms with van der Waals surface area (Å²) in [6.45, 7) is 6.05. The summed E-state index contributed by atoms with van der Waals surface area (Å²) in [5.41, 5.74) is 0. The SMILES string of the molecule is CCN(CC)c1ncc(/C=C/C(=O)OC)s1. The van der Waals surface area contributed by atoms with Gasteiger partial charge in [0.2, 0.25) is 0 Å². The van der Waals surface area contributed by atoms with Crippen molar-refractivity contribution in [1.29, 1.82) is 0 Å². The van der Waals surface area contributed by atoms with Gasteiger partial charge in [0.05, 0.1) is 7.11 Å². The quantitative estimate of drug-likeness (QED) is 0.584. The third-order valence-corrected chi connectivity index (χ3v) is 3.15. The molecule has 88 valence electrons. The number of anilines is 1. The molecule has 0 fully saturated rings. The van der Waals surface area contributed by atoms with Crippen LogP contribution in [0.4, 0.5) is 5.13 Å². The number of methoxy groups -OCH3 is 1. The van der Waals surface area contributed by atoms with E-state index in [1.165, 1.54) is 13.2 Å². The Balaban J connectivity index is 2.71. The van der Waals surface area contributed by atoms with Crippen LogP contribution in [0.15, 0.2) is 12.3 Å². The summed E-state index contributed by atoms with van der Waals surface area (Å²) in [5, 5.41) is 0.981. The lowest BCUT2D eigenvalue weighted by Crippen LogP contribution is -2.21. The fraction of sp³-hybridized carbons (Fsp3) is 0.455. The van der Waals surface area contributed by atoms with Gasteiger partial charge in [-0.3, -0.25) is 0 Å². The minimum atomic E-state index is -0.349. The predicted octanol–water partition coefficient (Wildman–Crippen LogP) is 2.18. The maximum atomic E-state index is 10.9. The van der Waals surface area contributed by atoms with Gasteiger partial charge in [-0.05, 0) is 19.9 Å². The summed E-state index contributed by atoms with van der Waals surface area (Å²) in [4.78, 5) is 18.3. The van der Waals surface area contributed by atoms with Crippen molar-refractivity contribution in [2.75, 3.05) is 25.1 Å². The van der Waals surface area contributed by atoms with Crippen LogP contribution in [-0.2, 0) is 9.53 Å². The molecule has 0 bridgehead atoms. The number of hydrogen-bond acceptors (Lipinski definition) is 5. The molecule has 0 atom stereocenters. The van der Waals surface area contributed by atoms with Crippen LogP contribution in [0.1, 0.15) is 18.7 Å². The normalized spacial score (nSPS) is 10.7. The average Bonchev–Trinajstić information content (AvgIpc) is 2.76. The lowest BCUT2D eigenvalue weighted by Gasteiger charge is -2.16. The minimum Gasteiger partial charge on any atom is -0.466 e. The molecule has 0 aliphatic heterocycles. The van der Waals surface area contributed by atoms with Gasteiger partial charge in [0.25, 0.3) is 0 Å². The molecular formula is C11H16N2O2S. The Morgan fingerprint density at radius 1 is 1.56 bits per heavy atom. The van der Waals surface area contributed by atoms with Gasteiger partial charge < -0.3 is 9.64 Å².